The second kappa shape index (κ2) is 8.52. The van der Waals surface area contributed by atoms with Crippen molar-refractivity contribution in [2.75, 3.05) is 26.2 Å². The highest BCUT2D eigenvalue weighted by atomic mass is 16.6. The molecule has 0 bridgehead atoms. The highest BCUT2D eigenvalue weighted by Gasteiger charge is 2.15. The lowest BCUT2D eigenvalue weighted by Gasteiger charge is -2.17. The van der Waals surface area contributed by atoms with Crippen LogP contribution in [0.2, 0.25) is 0 Å². The lowest BCUT2D eigenvalue weighted by molar-refractivity contribution is -0.134. The highest BCUT2D eigenvalue weighted by Crippen LogP contribution is 2.27. The Bertz CT molecular complexity index is 1070. The molecule has 1 heterocycles. The average molecular weight is 394 g/mol. The second-order valence-electron chi connectivity index (χ2n) is 6.36. The van der Waals surface area contributed by atoms with Crippen LogP contribution >= 0.6 is 0 Å². The largest absolute Gasteiger partial charge is 0.497 e. The Morgan fingerprint density at radius 1 is 1.03 bits per heavy atom. The summed E-state index contributed by atoms with van der Waals surface area (Å²) in [5.41, 5.74) is 2.42. The number of methoxy groups -OCH3 is 2. The van der Waals surface area contributed by atoms with Crippen molar-refractivity contribution in [1.29, 1.82) is 0 Å². The predicted molar refractivity (Wildman–Crippen MR) is 111 cm³/mol. The third-order valence-corrected chi connectivity index (χ3v) is 4.53. The van der Waals surface area contributed by atoms with Gasteiger partial charge >= 0.3 is 12.1 Å². The molecule has 29 heavy (non-hydrogen) atoms. The Hall–Kier alpha value is -3.74. The minimum atomic E-state index is -0.505. The Morgan fingerprint density at radius 2 is 1.72 bits per heavy atom. The summed E-state index contributed by atoms with van der Waals surface area (Å²) in [6, 6.07) is 12.5. The molecule has 0 aliphatic carbocycles. The minimum absolute atomic E-state index is 0.422. The number of aryl methyl sites for hydroxylation is 1. The number of nitrogens with zero attached hydrogens (tertiary/aromatic N) is 2. The van der Waals surface area contributed by atoms with E-state index in [1.54, 1.807) is 56.6 Å². The molecule has 0 fully saturated rings. The van der Waals surface area contributed by atoms with Gasteiger partial charge in [-0.3, -0.25) is 4.90 Å². The molecule has 0 N–H and O–H groups in total. The van der Waals surface area contributed by atoms with Gasteiger partial charge in [-0.25, -0.2) is 9.59 Å². The molecule has 1 aromatic heterocycles. The van der Waals surface area contributed by atoms with Crippen LogP contribution in [0.25, 0.3) is 17.0 Å². The van der Waals surface area contributed by atoms with Crippen molar-refractivity contribution < 1.29 is 23.8 Å². The summed E-state index contributed by atoms with van der Waals surface area (Å²) in [5, 5.41) is 0.927. The van der Waals surface area contributed by atoms with Gasteiger partial charge in [-0.05, 0) is 42.5 Å². The molecular weight excluding hydrogens is 372 g/mol. The van der Waals surface area contributed by atoms with Crippen molar-refractivity contribution in [3.05, 3.63) is 60.3 Å². The molecule has 0 saturated heterocycles. The fraction of sp³-hybridized carbons (Fsp3) is 0.182. The second-order valence-corrected chi connectivity index (χ2v) is 6.36. The maximum atomic E-state index is 12.5. The molecule has 0 atom stereocenters. The molecule has 7 nitrogen and oxygen atoms in total. The number of ether oxygens (including phenoxy) is 3. The SMILES string of the molecule is COC(=O)/C=C/c1cn(C)c2cc(OC(=O)N(C)c3ccc(OC)cc3)ccc12. The highest BCUT2D eigenvalue weighted by molar-refractivity contribution is 5.95. The zero-order valence-electron chi connectivity index (χ0n) is 16.7. The summed E-state index contributed by atoms with van der Waals surface area (Å²) in [4.78, 5) is 25.3. The maximum Gasteiger partial charge on any atom is 0.419 e. The number of anilines is 1. The number of hydrogen-bond acceptors (Lipinski definition) is 5. The number of rotatable bonds is 5. The van der Waals surface area contributed by atoms with Crippen LogP contribution in [0.3, 0.4) is 0 Å². The van der Waals surface area contributed by atoms with Crippen LogP contribution in [-0.4, -0.2) is 37.9 Å². The molecule has 0 unspecified atom stereocenters. The topological polar surface area (TPSA) is 70.0 Å². The third kappa shape index (κ3) is 4.40. The summed E-state index contributed by atoms with van der Waals surface area (Å²) < 4.78 is 17.2. The van der Waals surface area contributed by atoms with Crippen LogP contribution in [0.1, 0.15) is 5.56 Å². The Balaban J connectivity index is 1.79. The van der Waals surface area contributed by atoms with E-state index in [2.05, 4.69) is 4.74 Å². The molecule has 2 aromatic carbocycles. The van der Waals surface area contributed by atoms with E-state index in [1.807, 2.05) is 23.9 Å². The fourth-order valence-electron chi connectivity index (χ4n) is 2.90. The van der Waals surface area contributed by atoms with E-state index in [9.17, 15) is 9.59 Å². The molecule has 3 aromatic rings. The van der Waals surface area contributed by atoms with Gasteiger partial charge in [-0.2, -0.15) is 0 Å². The van der Waals surface area contributed by atoms with E-state index in [4.69, 9.17) is 9.47 Å². The van der Waals surface area contributed by atoms with E-state index < -0.39 is 12.1 Å². The Kier molecular flexibility index (Phi) is 5.87. The van der Waals surface area contributed by atoms with Crippen LogP contribution in [0.4, 0.5) is 10.5 Å². The van der Waals surface area contributed by atoms with Crippen molar-refractivity contribution in [3.63, 3.8) is 0 Å². The van der Waals surface area contributed by atoms with E-state index in [0.717, 1.165) is 16.5 Å². The third-order valence-electron chi connectivity index (χ3n) is 4.53. The zero-order valence-corrected chi connectivity index (χ0v) is 16.7. The summed E-state index contributed by atoms with van der Waals surface area (Å²) in [6.07, 6.45) is 4.44. The van der Waals surface area contributed by atoms with Crippen LogP contribution in [0.5, 0.6) is 11.5 Å². The summed E-state index contributed by atoms with van der Waals surface area (Å²) >= 11 is 0. The summed E-state index contributed by atoms with van der Waals surface area (Å²) in [7, 11) is 6.44. The van der Waals surface area contributed by atoms with Crippen molar-refractivity contribution in [2.24, 2.45) is 7.05 Å². The first kappa shape index (κ1) is 20.0. The molecule has 150 valence electrons. The zero-order chi connectivity index (χ0) is 21.0. The Labute approximate surface area is 168 Å². The lowest BCUT2D eigenvalue weighted by atomic mass is 10.1. The molecule has 0 saturated carbocycles. The van der Waals surface area contributed by atoms with Gasteiger partial charge < -0.3 is 18.8 Å². The first-order valence-electron chi connectivity index (χ1n) is 8.87. The number of aromatic nitrogens is 1. The predicted octanol–water partition coefficient (Wildman–Crippen LogP) is 4.01. The van der Waals surface area contributed by atoms with Crippen molar-refractivity contribution in [3.8, 4) is 11.5 Å². The van der Waals surface area contributed by atoms with E-state index in [-0.39, 0.29) is 0 Å². The molecular formula is C22H22N2O5. The van der Waals surface area contributed by atoms with Gasteiger partial charge in [0.2, 0.25) is 0 Å². The van der Waals surface area contributed by atoms with Gasteiger partial charge in [0.1, 0.15) is 11.5 Å². The van der Waals surface area contributed by atoms with Gasteiger partial charge in [0.05, 0.1) is 19.7 Å². The van der Waals surface area contributed by atoms with Gasteiger partial charge in [0.15, 0.2) is 0 Å². The first-order chi connectivity index (χ1) is 13.9. The van der Waals surface area contributed by atoms with Crippen LogP contribution < -0.4 is 14.4 Å². The monoisotopic (exact) mass is 394 g/mol. The van der Waals surface area contributed by atoms with Gasteiger partial charge in [-0.15, -0.1) is 0 Å². The van der Waals surface area contributed by atoms with E-state index in [0.29, 0.717) is 17.2 Å². The average Bonchev–Trinajstić information content (AvgIpc) is 3.06. The quantitative estimate of drug-likeness (QED) is 0.483. The van der Waals surface area contributed by atoms with E-state index >= 15 is 0 Å². The van der Waals surface area contributed by atoms with Crippen LogP contribution in [0.15, 0.2) is 54.7 Å². The lowest BCUT2D eigenvalue weighted by Crippen LogP contribution is -2.29. The number of esters is 1. The number of carbonyl (C=O) groups is 2. The molecule has 1 amide bonds. The molecule has 7 heteroatoms. The minimum Gasteiger partial charge on any atom is -0.497 e. The number of fused-ring (bicyclic) bond motifs is 1. The maximum absolute atomic E-state index is 12.5. The normalized spacial score (nSPS) is 10.9. The van der Waals surface area contributed by atoms with Gasteiger partial charge in [-0.1, -0.05) is 0 Å². The number of carbonyl (C=O) groups excluding carboxylic acids is 2. The number of hydrogen-bond donors (Lipinski definition) is 0. The molecule has 0 aliphatic rings. The molecule has 0 radical (unpaired) electrons. The smallest absolute Gasteiger partial charge is 0.419 e. The van der Waals surface area contributed by atoms with E-state index in [1.165, 1.54) is 18.1 Å². The molecule has 0 spiro atoms. The van der Waals surface area contributed by atoms with Crippen molar-refractivity contribution in [2.45, 2.75) is 0 Å². The van der Waals surface area contributed by atoms with Crippen molar-refractivity contribution in [1.82, 2.24) is 4.57 Å². The van der Waals surface area contributed by atoms with Gasteiger partial charge in [0, 0.05) is 49.1 Å². The van der Waals surface area contributed by atoms with Crippen LogP contribution in [-0.2, 0) is 16.6 Å². The first-order valence-corrected chi connectivity index (χ1v) is 8.87. The summed E-state index contributed by atoms with van der Waals surface area (Å²) in [5.74, 6) is 0.711. The summed E-state index contributed by atoms with van der Waals surface area (Å²) in [6.45, 7) is 0. The standard InChI is InChI=1S/C22H22N2O5/c1-23-14-15(5-12-21(25)28-4)19-11-10-18(13-20(19)23)29-22(26)24(2)16-6-8-17(27-3)9-7-16/h5-14H,1-4H3/b12-5+. The number of benzene rings is 2. The Morgan fingerprint density at radius 3 is 2.38 bits per heavy atom. The van der Waals surface area contributed by atoms with Crippen LogP contribution in [0, 0.1) is 0 Å². The molecule has 0 aliphatic heterocycles. The van der Waals surface area contributed by atoms with Crippen molar-refractivity contribution >= 4 is 34.7 Å². The van der Waals surface area contributed by atoms with Gasteiger partial charge in [0.25, 0.3) is 0 Å². The number of amides is 1. The fourth-order valence-corrected chi connectivity index (χ4v) is 2.90. The molecule has 3 rings (SSSR count).